The van der Waals surface area contributed by atoms with E-state index in [0.717, 1.165) is 25.4 Å². The van der Waals surface area contributed by atoms with Crippen molar-refractivity contribution in [3.8, 4) is 0 Å². The summed E-state index contributed by atoms with van der Waals surface area (Å²) in [7, 11) is 0. The van der Waals surface area contributed by atoms with Gasteiger partial charge in [0.1, 0.15) is 0 Å². The molecule has 2 heteroatoms. The van der Waals surface area contributed by atoms with Gasteiger partial charge < -0.3 is 9.84 Å². The number of ether oxygens (including phenoxy) is 1. The molecule has 0 aromatic rings. The molecular weight excluding hydrogens is 152 g/mol. The first-order valence-electron chi connectivity index (χ1n) is 5.14. The fourth-order valence-corrected chi connectivity index (χ4v) is 2.12. The molecule has 2 rings (SSSR count). The number of aliphatic hydroxyl groups is 1. The van der Waals surface area contributed by atoms with Gasteiger partial charge in [-0.15, -0.1) is 0 Å². The molecule has 0 radical (unpaired) electrons. The third-order valence-corrected chi connectivity index (χ3v) is 3.11. The molecule has 2 nitrogen and oxygen atoms in total. The van der Waals surface area contributed by atoms with Crippen molar-refractivity contribution < 1.29 is 9.84 Å². The van der Waals surface area contributed by atoms with Gasteiger partial charge in [0.25, 0.3) is 0 Å². The Labute approximate surface area is 73.9 Å². The van der Waals surface area contributed by atoms with Gasteiger partial charge in [-0.2, -0.15) is 0 Å². The topological polar surface area (TPSA) is 29.5 Å². The Morgan fingerprint density at radius 2 is 1.83 bits per heavy atom. The standard InChI is InChI=1S/C10H18O2/c11-9-5-10(6-9)12-7-8-3-1-2-4-8/h8-11H,1-7H2. The maximum absolute atomic E-state index is 9.03. The van der Waals surface area contributed by atoms with Crippen molar-refractivity contribution in [2.45, 2.75) is 50.7 Å². The predicted octanol–water partition coefficient (Wildman–Crippen LogP) is 1.72. The fraction of sp³-hybridized carbons (Fsp3) is 1.00. The van der Waals surface area contributed by atoms with E-state index in [1.807, 2.05) is 0 Å². The molecule has 2 aliphatic rings. The average Bonchev–Trinajstić information content (AvgIpc) is 2.47. The molecule has 70 valence electrons. The maximum atomic E-state index is 9.03. The van der Waals surface area contributed by atoms with Crippen LogP contribution in [-0.4, -0.2) is 23.9 Å². The number of hydrogen-bond donors (Lipinski definition) is 1. The van der Waals surface area contributed by atoms with Crippen molar-refractivity contribution in [2.24, 2.45) is 5.92 Å². The lowest BCUT2D eigenvalue weighted by Crippen LogP contribution is -2.36. The molecule has 0 atom stereocenters. The minimum Gasteiger partial charge on any atom is -0.393 e. The van der Waals surface area contributed by atoms with Crippen LogP contribution in [0.3, 0.4) is 0 Å². The Kier molecular flexibility index (Phi) is 2.66. The van der Waals surface area contributed by atoms with Crippen molar-refractivity contribution in [1.82, 2.24) is 0 Å². The molecule has 2 aliphatic carbocycles. The van der Waals surface area contributed by atoms with Crippen LogP contribution in [0.2, 0.25) is 0 Å². The fourth-order valence-electron chi connectivity index (χ4n) is 2.12. The van der Waals surface area contributed by atoms with Gasteiger partial charge in [-0.05, 0) is 31.6 Å². The van der Waals surface area contributed by atoms with Gasteiger partial charge in [0.2, 0.25) is 0 Å². The summed E-state index contributed by atoms with van der Waals surface area (Å²) >= 11 is 0. The van der Waals surface area contributed by atoms with Gasteiger partial charge in [-0.25, -0.2) is 0 Å². The van der Waals surface area contributed by atoms with Crippen LogP contribution in [0.5, 0.6) is 0 Å². The zero-order valence-electron chi connectivity index (χ0n) is 7.54. The average molecular weight is 170 g/mol. The summed E-state index contributed by atoms with van der Waals surface area (Å²) in [6, 6.07) is 0. The largest absolute Gasteiger partial charge is 0.393 e. The third-order valence-electron chi connectivity index (χ3n) is 3.11. The second kappa shape index (κ2) is 3.75. The van der Waals surface area contributed by atoms with Gasteiger partial charge >= 0.3 is 0 Å². The summed E-state index contributed by atoms with van der Waals surface area (Å²) in [5.74, 6) is 0.822. The number of hydrogen-bond acceptors (Lipinski definition) is 2. The van der Waals surface area contributed by atoms with E-state index in [1.165, 1.54) is 25.7 Å². The molecular formula is C10H18O2. The highest BCUT2D eigenvalue weighted by Gasteiger charge is 2.28. The number of aliphatic hydroxyl groups excluding tert-OH is 1. The SMILES string of the molecule is OC1CC(OCC2CCCC2)C1. The summed E-state index contributed by atoms with van der Waals surface area (Å²) in [5, 5.41) is 9.03. The van der Waals surface area contributed by atoms with Crippen molar-refractivity contribution in [3.05, 3.63) is 0 Å². The lowest BCUT2D eigenvalue weighted by atomic mass is 9.92. The molecule has 0 bridgehead atoms. The summed E-state index contributed by atoms with van der Waals surface area (Å²) < 4.78 is 5.67. The van der Waals surface area contributed by atoms with Crippen molar-refractivity contribution >= 4 is 0 Å². The Morgan fingerprint density at radius 3 is 2.42 bits per heavy atom. The van der Waals surface area contributed by atoms with Crippen LogP contribution >= 0.6 is 0 Å². The first kappa shape index (κ1) is 8.52. The van der Waals surface area contributed by atoms with E-state index >= 15 is 0 Å². The van der Waals surface area contributed by atoms with Crippen LogP contribution in [0.4, 0.5) is 0 Å². The van der Waals surface area contributed by atoms with Crippen LogP contribution in [0.25, 0.3) is 0 Å². The van der Waals surface area contributed by atoms with Crippen LogP contribution < -0.4 is 0 Å². The van der Waals surface area contributed by atoms with Crippen LogP contribution in [-0.2, 0) is 4.74 Å². The van der Waals surface area contributed by atoms with Crippen LogP contribution in [0.15, 0.2) is 0 Å². The van der Waals surface area contributed by atoms with E-state index in [2.05, 4.69) is 0 Å². The summed E-state index contributed by atoms with van der Waals surface area (Å²) in [6.45, 7) is 0.942. The van der Waals surface area contributed by atoms with E-state index in [-0.39, 0.29) is 6.10 Å². The van der Waals surface area contributed by atoms with Gasteiger partial charge in [0, 0.05) is 6.61 Å². The zero-order chi connectivity index (χ0) is 8.39. The molecule has 0 aromatic heterocycles. The summed E-state index contributed by atoms with van der Waals surface area (Å²) in [4.78, 5) is 0. The lowest BCUT2D eigenvalue weighted by Gasteiger charge is -2.32. The quantitative estimate of drug-likeness (QED) is 0.698. The zero-order valence-corrected chi connectivity index (χ0v) is 7.54. The highest BCUT2D eigenvalue weighted by Crippen LogP contribution is 2.28. The lowest BCUT2D eigenvalue weighted by molar-refractivity contribution is -0.0796. The van der Waals surface area contributed by atoms with Gasteiger partial charge in [-0.3, -0.25) is 0 Å². The highest BCUT2D eigenvalue weighted by atomic mass is 16.5. The third kappa shape index (κ3) is 1.99. The Morgan fingerprint density at radius 1 is 1.17 bits per heavy atom. The van der Waals surface area contributed by atoms with E-state index in [9.17, 15) is 0 Å². The smallest absolute Gasteiger partial charge is 0.0624 e. The monoisotopic (exact) mass is 170 g/mol. The molecule has 0 spiro atoms. The molecule has 0 aromatic carbocycles. The normalized spacial score (nSPS) is 36.8. The summed E-state index contributed by atoms with van der Waals surface area (Å²) in [5.41, 5.74) is 0. The van der Waals surface area contributed by atoms with Crippen LogP contribution in [0, 0.1) is 5.92 Å². The van der Waals surface area contributed by atoms with Gasteiger partial charge in [-0.1, -0.05) is 12.8 Å². The Bertz CT molecular complexity index is 135. The minimum absolute atomic E-state index is 0.0708. The van der Waals surface area contributed by atoms with E-state index in [0.29, 0.717) is 6.10 Å². The molecule has 0 heterocycles. The number of rotatable bonds is 3. The molecule has 0 saturated heterocycles. The van der Waals surface area contributed by atoms with Crippen molar-refractivity contribution in [1.29, 1.82) is 0 Å². The van der Waals surface area contributed by atoms with E-state index in [4.69, 9.17) is 9.84 Å². The van der Waals surface area contributed by atoms with Crippen molar-refractivity contribution in [3.63, 3.8) is 0 Å². The van der Waals surface area contributed by atoms with Gasteiger partial charge in [0.15, 0.2) is 0 Å². The van der Waals surface area contributed by atoms with E-state index < -0.39 is 0 Å². The molecule has 0 aliphatic heterocycles. The van der Waals surface area contributed by atoms with Gasteiger partial charge in [0.05, 0.1) is 12.2 Å². The Hall–Kier alpha value is -0.0800. The molecule has 1 N–H and O–H groups in total. The predicted molar refractivity (Wildman–Crippen MR) is 46.9 cm³/mol. The first-order chi connectivity index (χ1) is 5.84. The second-order valence-electron chi connectivity index (χ2n) is 4.23. The van der Waals surface area contributed by atoms with Crippen LogP contribution in [0.1, 0.15) is 38.5 Å². The molecule has 2 fully saturated rings. The highest BCUT2D eigenvalue weighted by molar-refractivity contribution is 4.79. The summed E-state index contributed by atoms with van der Waals surface area (Å²) in [6.07, 6.45) is 7.53. The Balaban J connectivity index is 1.56. The molecule has 2 saturated carbocycles. The maximum Gasteiger partial charge on any atom is 0.0624 e. The molecule has 12 heavy (non-hydrogen) atoms. The van der Waals surface area contributed by atoms with E-state index in [1.54, 1.807) is 0 Å². The second-order valence-corrected chi connectivity index (χ2v) is 4.23. The molecule has 0 unspecified atom stereocenters. The molecule has 0 amide bonds. The first-order valence-corrected chi connectivity index (χ1v) is 5.14. The van der Waals surface area contributed by atoms with Crippen molar-refractivity contribution in [2.75, 3.05) is 6.61 Å². The minimum atomic E-state index is -0.0708.